The molecule has 2 N–H and O–H groups in total. The van der Waals surface area contributed by atoms with Crippen molar-refractivity contribution in [3.8, 4) is 0 Å². The number of hydrogen-bond donors (Lipinski definition) is 2. The van der Waals surface area contributed by atoms with Gasteiger partial charge in [-0.3, -0.25) is 0 Å². The molecule has 2 amide bonds. The highest BCUT2D eigenvalue weighted by molar-refractivity contribution is 5.74. The van der Waals surface area contributed by atoms with E-state index in [1.807, 2.05) is 0 Å². The van der Waals surface area contributed by atoms with Gasteiger partial charge in [-0.1, -0.05) is 0 Å². The Balaban J connectivity index is 1.16. The second kappa shape index (κ2) is 3.92. The molecule has 0 aromatic heterocycles. The Morgan fingerprint density at radius 3 is 2.60 bits per heavy atom. The number of carbonyl (C=O) groups is 1. The predicted octanol–water partition coefficient (Wildman–Crippen LogP) is 2.91. The van der Waals surface area contributed by atoms with Gasteiger partial charge in [0.05, 0.1) is 0 Å². The number of urea groups is 1. The Bertz CT molecular complexity index is 442. The van der Waals surface area contributed by atoms with E-state index >= 15 is 0 Å². The first kappa shape index (κ1) is 11.9. The van der Waals surface area contributed by atoms with Gasteiger partial charge in [0.15, 0.2) is 0 Å². The average molecular weight is 274 g/mol. The van der Waals surface area contributed by atoms with Crippen LogP contribution in [0.1, 0.15) is 51.4 Å². The molecule has 20 heavy (non-hydrogen) atoms. The van der Waals surface area contributed by atoms with Crippen molar-refractivity contribution in [2.24, 2.45) is 35.0 Å². The third-order valence-corrected chi connectivity index (χ3v) is 7.33. The van der Waals surface area contributed by atoms with Gasteiger partial charge in [0.2, 0.25) is 0 Å². The molecule has 3 heteroatoms. The van der Waals surface area contributed by atoms with E-state index in [-0.39, 0.29) is 6.03 Å². The standard InChI is InChI=1S/C17H26N2O/c20-16(18-9-13-8-17(13)1-2-17)19-15-7-11-3-10-4-12(5-11)14(15)6-10/h10-15H,1-9H2,(H2,18,19,20). The SMILES string of the molecule is O=C(NCC1CC12CC2)NC1CC2CC3CC(C2)C1C3. The maximum absolute atomic E-state index is 12.2. The molecule has 5 aliphatic carbocycles. The zero-order valence-corrected chi connectivity index (χ0v) is 12.2. The quantitative estimate of drug-likeness (QED) is 0.816. The fourth-order valence-corrected chi connectivity index (χ4v) is 6.05. The van der Waals surface area contributed by atoms with Crippen LogP contribution in [-0.2, 0) is 0 Å². The number of rotatable bonds is 3. The van der Waals surface area contributed by atoms with Crippen molar-refractivity contribution in [2.45, 2.75) is 57.4 Å². The van der Waals surface area contributed by atoms with Gasteiger partial charge in [-0.15, -0.1) is 0 Å². The summed E-state index contributed by atoms with van der Waals surface area (Å²) in [6, 6.07) is 0.586. The zero-order chi connectivity index (χ0) is 13.3. The van der Waals surface area contributed by atoms with Crippen molar-refractivity contribution in [3.05, 3.63) is 0 Å². The van der Waals surface area contributed by atoms with Crippen LogP contribution in [0.25, 0.3) is 0 Å². The Labute approximate surface area is 121 Å². The van der Waals surface area contributed by atoms with E-state index in [4.69, 9.17) is 0 Å². The smallest absolute Gasteiger partial charge is 0.315 e. The summed E-state index contributed by atoms with van der Waals surface area (Å²) in [4.78, 5) is 12.2. The molecule has 5 saturated carbocycles. The Hall–Kier alpha value is -0.730. The van der Waals surface area contributed by atoms with Crippen molar-refractivity contribution in [2.75, 3.05) is 6.54 Å². The maximum atomic E-state index is 12.2. The van der Waals surface area contributed by atoms with Crippen molar-refractivity contribution < 1.29 is 4.79 Å². The van der Waals surface area contributed by atoms with Crippen LogP contribution in [0.3, 0.4) is 0 Å². The van der Waals surface area contributed by atoms with E-state index in [0.717, 1.165) is 36.1 Å². The number of amides is 2. The normalized spacial score (nSPS) is 49.2. The molecule has 6 atom stereocenters. The minimum Gasteiger partial charge on any atom is -0.338 e. The molecule has 5 rings (SSSR count). The van der Waals surface area contributed by atoms with E-state index in [2.05, 4.69) is 10.6 Å². The molecule has 5 fully saturated rings. The topological polar surface area (TPSA) is 41.1 Å². The third-order valence-electron chi connectivity index (χ3n) is 7.33. The molecule has 0 heterocycles. The first-order valence-electron chi connectivity index (χ1n) is 8.76. The molecule has 3 nitrogen and oxygen atoms in total. The molecule has 0 aromatic carbocycles. The van der Waals surface area contributed by atoms with Crippen molar-refractivity contribution in [1.82, 2.24) is 10.6 Å². The third kappa shape index (κ3) is 1.81. The predicted molar refractivity (Wildman–Crippen MR) is 77.1 cm³/mol. The summed E-state index contributed by atoms with van der Waals surface area (Å²) in [6.07, 6.45) is 11.2. The Kier molecular flexibility index (Phi) is 2.33. The maximum Gasteiger partial charge on any atom is 0.315 e. The summed E-state index contributed by atoms with van der Waals surface area (Å²) in [6.45, 7) is 0.915. The summed E-state index contributed by atoms with van der Waals surface area (Å²) in [5.41, 5.74) is 0.704. The van der Waals surface area contributed by atoms with Gasteiger partial charge in [0, 0.05) is 12.6 Å². The molecule has 0 aromatic rings. The van der Waals surface area contributed by atoms with Gasteiger partial charge in [0.1, 0.15) is 0 Å². The lowest BCUT2D eigenvalue weighted by Gasteiger charge is -2.39. The zero-order valence-electron chi connectivity index (χ0n) is 12.2. The lowest BCUT2D eigenvalue weighted by Crippen LogP contribution is -2.49. The van der Waals surface area contributed by atoms with E-state index in [1.165, 1.54) is 51.4 Å². The summed E-state index contributed by atoms with van der Waals surface area (Å²) < 4.78 is 0. The molecule has 1 spiro atoms. The minimum atomic E-state index is 0.113. The van der Waals surface area contributed by atoms with Gasteiger partial charge in [-0.05, 0) is 86.4 Å². The molecule has 0 radical (unpaired) electrons. The number of carbonyl (C=O) groups excluding carboxylic acids is 1. The van der Waals surface area contributed by atoms with Crippen LogP contribution in [0.15, 0.2) is 0 Å². The fourth-order valence-electron chi connectivity index (χ4n) is 6.05. The average Bonchev–Trinajstić information content (AvgIpc) is 3.31. The second-order valence-corrected chi connectivity index (χ2v) is 8.56. The molecule has 0 aliphatic heterocycles. The largest absolute Gasteiger partial charge is 0.338 e. The molecular weight excluding hydrogens is 248 g/mol. The highest BCUT2D eigenvalue weighted by Crippen LogP contribution is 2.70. The van der Waals surface area contributed by atoms with Crippen LogP contribution < -0.4 is 10.6 Å². The van der Waals surface area contributed by atoms with E-state index in [9.17, 15) is 4.79 Å². The van der Waals surface area contributed by atoms with Crippen LogP contribution in [0.5, 0.6) is 0 Å². The van der Waals surface area contributed by atoms with Crippen molar-refractivity contribution >= 4 is 6.03 Å². The lowest BCUT2D eigenvalue weighted by molar-refractivity contribution is 0.139. The molecule has 110 valence electrons. The molecular formula is C17H26N2O. The molecule has 6 unspecified atom stereocenters. The van der Waals surface area contributed by atoms with Crippen LogP contribution >= 0.6 is 0 Å². The molecule has 3 bridgehead atoms. The number of nitrogens with one attached hydrogen (secondary N) is 2. The lowest BCUT2D eigenvalue weighted by atomic mass is 9.70. The minimum absolute atomic E-state index is 0.113. The van der Waals surface area contributed by atoms with Crippen LogP contribution in [0.2, 0.25) is 0 Å². The number of fused-ring (bicyclic) bond motifs is 2. The van der Waals surface area contributed by atoms with E-state index in [1.54, 1.807) is 0 Å². The Morgan fingerprint density at radius 2 is 1.85 bits per heavy atom. The first-order valence-corrected chi connectivity index (χ1v) is 8.76. The highest BCUT2D eigenvalue weighted by Gasteiger charge is 2.62. The first-order chi connectivity index (χ1) is 9.72. The van der Waals surface area contributed by atoms with E-state index < -0.39 is 0 Å². The second-order valence-electron chi connectivity index (χ2n) is 8.56. The summed E-state index contributed by atoms with van der Waals surface area (Å²) in [5, 5.41) is 6.47. The van der Waals surface area contributed by atoms with Crippen LogP contribution in [0.4, 0.5) is 4.79 Å². The summed E-state index contributed by atoms with van der Waals surface area (Å²) >= 11 is 0. The van der Waals surface area contributed by atoms with Crippen LogP contribution in [0, 0.1) is 35.0 Å². The molecule has 5 aliphatic rings. The Morgan fingerprint density at radius 1 is 1.05 bits per heavy atom. The van der Waals surface area contributed by atoms with Gasteiger partial charge < -0.3 is 10.6 Å². The summed E-state index contributed by atoms with van der Waals surface area (Å²) in [5.74, 6) is 4.41. The van der Waals surface area contributed by atoms with Gasteiger partial charge in [-0.25, -0.2) is 4.79 Å². The van der Waals surface area contributed by atoms with Gasteiger partial charge >= 0.3 is 6.03 Å². The van der Waals surface area contributed by atoms with Crippen molar-refractivity contribution in [3.63, 3.8) is 0 Å². The van der Waals surface area contributed by atoms with Gasteiger partial charge in [-0.2, -0.15) is 0 Å². The van der Waals surface area contributed by atoms with Crippen LogP contribution in [-0.4, -0.2) is 18.6 Å². The fraction of sp³-hybridized carbons (Fsp3) is 0.941. The number of hydrogen-bond acceptors (Lipinski definition) is 1. The highest BCUT2D eigenvalue weighted by atomic mass is 16.2. The monoisotopic (exact) mass is 274 g/mol. The van der Waals surface area contributed by atoms with Crippen molar-refractivity contribution in [1.29, 1.82) is 0 Å². The summed E-state index contributed by atoms with van der Waals surface area (Å²) in [7, 11) is 0. The molecule has 0 saturated heterocycles. The van der Waals surface area contributed by atoms with E-state index in [0.29, 0.717) is 11.5 Å². The van der Waals surface area contributed by atoms with Gasteiger partial charge in [0.25, 0.3) is 0 Å².